The Labute approximate surface area is 92.8 Å². The maximum absolute atomic E-state index is 10.8. The van der Waals surface area contributed by atoms with Crippen molar-refractivity contribution >= 4 is 5.91 Å². The van der Waals surface area contributed by atoms with Crippen molar-refractivity contribution in [1.82, 2.24) is 5.32 Å². The Kier molecular flexibility index (Phi) is 7.33. The second kappa shape index (κ2) is 8.04. The van der Waals surface area contributed by atoms with E-state index in [0.29, 0.717) is 6.54 Å². The molecule has 15 heavy (non-hydrogen) atoms. The van der Waals surface area contributed by atoms with Crippen LogP contribution in [0.2, 0.25) is 0 Å². The average Bonchev–Trinajstić information content (AvgIpc) is 2.17. The molecule has 0 radical (unpaired) electrons. The Bertz CT molecular complexity index is 270. The quantitative estimate of drug-likeness (QED) is 0.526. The number of carbonyl (C=O) groups is 1. The summed E-state index contributed by atoms with van der Waals surface area (Å²) in [6, 6.07) is 0. The summed E-state index contributed by atoms with van der Waals surface area (Å²) >= 11 is 0. The van der Waals surface area contributed by atoms with Crippen LogP contribution < -0.4 is 5.32 Å². The first-order chi connectivity index (χ1) is 7.06. The van der Waals surface area contributed by atoms with Crippen molar-refractivity contribution in [2.75, 3.05) is 6.54 Å². The van der Waals surface area contributed by atoms with Crippen LogP contribution in [0.15, 0.2) is 36.0 Å². The second-order valence-corrected chi connectivity index (χ2v) is 3.82. The zero-order valence-electron chi connectivity index (χ0n) is 9.97. The van der Waals surface area contributed by atoms with Gasteiger partial charge in [0.1, 0.15) is 0 Å². The first-order valence-corrected chi connectivity index (χ1v) is 5.25. The molecule has 1 N–H and O–H groups in total. The Morgan fingerprint density at radius 2 is 1.93 bits per heavy atom. The second-order valence-electron chi connectivity index (χ2n) is 3.82. The smallest absolute Gasteiger partial charge is 0.243 e. The van der Waals surface area contributed by atoms with Gasteiger partial charge in [0.15, 0.2) is 0 Å². The Balaban J connectivity index is 3.74. The molecular formula is C13H21NO. The zero-order chi connectivity index (χ0) is 11.7. The summed E-state index contributed by atoms with van der Waals surface area (Å²) in [5.41, 5.74) is 2.65. The summed E-state index contributed by atoms with van der Waals surface area (Å²) in [5, 5.41) is 2.71. The van der Waals surface area contributed by atoms with Gasteiger partial charge in [-0.2, -0.15) is 0 Å². The van der Waals surface area contributed by atoms with E-state index in [2.05, 4.69) is 38.7 Å². The highest BCUT2D eigenvalue weighted by Crippen LogP contribution is 2.05. The van der Waals surface area contributed by atoms with Crippen molar-refractivity contribution in [1.29, 1.82) is 0 Å². The lowest BCUT2D eigenvalue weighted by molar-refractivity contribution is -0.116. The Morgan fingerprint density at radius 3 is 2.47 bits per heavy atom. The lowest BCUT2D eigenvalue weighted by atomic mass is 10.1. The number of rotatable bonds is 6. The van der Waals surface area contributed by atoms with Gasteiger partial charge < -0.3 is 5.32 Å². The Hall–Kier alpha value is -1.31. The highest BCUT2D eigenvalue weighted by atomic mass is 16.1. The minimum Gasteiger partial charge on any atom is -0.349 e. The highest BCUT2D eigenvalue weighted by molar-refractivity contribution is 5.86. The summed E-state index contributed by atoms with van der Waals surface area (Å²) < 4.78 is 0. The van der Waals surface area contributed by atoms with Gasteiger partial charge in [0, 0.05) is 6.54 Å². The maximum Gasteiger partial charge on any atom is 0.243 e. The van der Waals surface area contributed by atoms with Gasteiger partial charge >= 0.3 is 0 Å². The van der Waals surface area contributed by atoms with E-state index in [1.54, 1.807) is 0 Å². The first-order valence-electron chi connectivity index (χ1n) is 5.25. The molecular weight excluding hydrogens is 186 g/mol. The third-order valence-electron chi connectivity index (χ3n) is 2.00. The van der Waals surface area contributed by atoms with E-state index in [4.69, 9.17) is 0 Å². The molecule has 0 spiro atoms. The molecule has 2 nitrogen and oxygen atoms in total. The summed E-state index contributed by atoms with van der Waals surface area (Å²) in [4.78, 5) is 10.8. The molecule has 0 aliphatic carbocycles. The fraction of sp³-hybridized carbons (Fsp3) is 0.462. The Morgan fingerprint density at radius 1 is 1.27 bits per heavy atom. The van der Waals surface area contributed by atoms with Crippen LogP contribution in [0.25, 0.3) is 0 Å². The van der Waals surface area contributed by atoms with E-state index >= 15 is 0 Å². The topological polar surface area (TPSA) is 29.1 Å². The van der Waals surface area contributed by atoms with E-state index in [-0.39, 0.29) is 5.91 Å². The van der Waals surface area contributed by atoms with Gasteiger partial charge in [-0.1, -0.05) is 29.9 Å². The molecule has 0 saturated heterocycles. The first kappa shape index (κ1) is 13.7. The fourth-order valence-electron chi connectivity index (χ4n) is 1.09. The summed E-state index contributed by atoms with van der Waals surface area (Å²) in [6.07, 6.45) is 7.67. The van der Waals surface area contributed by atoms with Crippen LogP contribution in [0.1, 0.15) is 33.6 Å². The van der Waals surface area contributed by atoms with E-state index in [1.807, 2.05) is 6.08 Å². The highest BCUT2D eigenvalue weighted by Gasteiger charge is 1.91. The molecule has 0 saturated carbocycles. The SMILES string of the molecule is C=CC(=O)NCC=C(C)CCC=C(C)C. The standard InChI is InChI=1S/C13H21NO/c1-5-13(15)14-10-9-12(4)8-6-7-11(2)3/h5,7,9H,1,6,8,10H2,2-4H3,(H,14,15). The predicted molar refractivity (Wildman–Crippen MR) is 65.6 cm³/mol. The summed E-state index contributed by atoms with van der Waals surface area (Å²) in [5.74, 6) is -0.122. The molecule has 0 aromatic carbocycles. The van der Waals surface area contributed by atoms with Gasteiger partial charge in [-0.3, -0.25) is 4.79 Å². The van der Waals surface area contributed by atoms with Crippen molar-refractivity contribution in [3.8, 4) is 0 Å². The third kappa shape index (κ3) is 9.01. The van der Waals surface area contributed by atoms with Crippen LogP contribution in [0.5, 0.6) is 0 Å². The molecule has 0 rings (SSSR count). The van der Waals surface area contributed by atoms with E-state index < -0.39 is 0 Å². The van der Waals surface area contributed by atoms with Gasteiger partial charge in [0.25, 0.3) is 0 Å². The molecule has 0 heterocycles. The van der Waals surface area contributed by atoms with Gasteiger partial charge in [-0.25, -0.2) is 0 Å². The molecule has 2 heteroatoms. The number of amides is 1. The molecule has 0 aromatic rings. The largest absolute Gasteiger partial charge is 0.349 e. The molecule has 0 aliphatic heterocycles. The zero-order valence-corrected chi connectivity index (χ0v) is 9.97. The number of nitrogens with one attached hydrogen (secondary N) is 1. The number of hydrogen-bond donors (Lipinski definition) is 1. The van der Waals surface area contributed by atoms with E-state index in [9.17, 15) is 4.79 Å². The van der Waals surface area contributed by atoms with E-state index in [0.717, 1.165) is 12.8 Å². The van der Waals surface area contributed by atoms with Crippen molar-refractivity contribution in [2.24, 2.45) is 0 Å². The molecule has 0 atom stereocenters. The van der Waals surface area contributed by atoms with Crippen LogP contribution in [0, 0.1) is 0 Å². The fourth-order valence-corrected chi connectivity index (χ4v) is 1.09. The van der Waals surface area contributed by atoms with Crippen molar-refractivity contribution in [2.45, 2.75) is 33.6 Å². The van der Waals surface area contributed by atoms with Crippen LogP contribution >= 0.6 is 0 Å². The minimum atomic E-state index is -0.122. The van der Waals surface area contributed by atoms with Gasteiger partial charge in [-0.15, -0.1) is 0 Å². The predicted octanol–water partition coefficient (Wildman–Crippen LogP) is 2.98. The number of allylic oxidation sites excluding steroid dienone is 3. The van der Waals surface area contributed by atoms with Gasteiger partial charge in [0.05, 0.1) is 0 Å². The molecule has 84 valence electrons. The lowest BCUT2D eigenvalue weighted by Gasteiger charge is -2.00. The summed E-state index contributed by atoms with van der Waals surface area (Å²) in [7, 11) is 0. The monoisotopic (exact) mass is 207 g/mol. The van der Waals surface area contributed by atoms with Crippen molar-refractivity contribution in [3.63, 3.8) is 0 Å². The number of hydrogen-bond acceptors (Lipinski definition) is 1. The van der Waals surface area contributed by atoms with Crippen LogP contribution in [-0.4, -0.2) is 12.5 Å². The van der Waals surface area contributed by atoms with Crippen LogP contribution in [0.4, 0.5) is 0 Å². The van der Waals surface area contributed by atoms with Crippen molar-refractivity contribution < 1.29 is 4.79 Å². The third-order valence-corrected chi connectivity index (χ3v) is 2.00. The molecule has 1 amide bonds. The molecule has 0 aliphatic rings. The molecule has 0 bridgehead atoms. The van der Waals surface area contributed by atoms with Crippen molar-refractivity contribution in [3.05, 3.63) is 36.0 Å². The molecule has 0 unspecified atom stereocenters. The van der Waals surface area contributed by atoms with Crippen LogP contribution in [-0.2, 0) is 4.79 Å². The van der Waals surface area contributed by atoms with Gasteiger partial charge in [-0.05, 0) is 39.7 Å². The number of carbonyl (C=O) groups excluding carboxylic acids is 1. The lowest BCUT2D eigenvalue weighted by Crippen LogP contribution is -2.20. The van der Waals surface area contributed by atoms with Gasteiger partial charge in [0.2, 0.25) is 5.91 Å². The normalized spacial score (nSPS) is 10.7. The maximum atomic E-state index is 10.8. The molecule has 0 aromatic heterocycles. The average molecular weight is 207 g/mol. The van der Waals surface area contributed by atoms with E-state index in [1.165, 1.54) is 17.2 Å². The molecule has 0 fully saturated rings. The summed E-state index contributed by atoms with van der Waals surface area (Å²) in [6.45, 7) is 10.3. The van der Waals surface area contributed by atoms with Crippen LogP contribution in [0.3, 0.4) is 0 Å². The minimum absolute atomic E-state index is 0.122.